The Balaban J connectivity index is 1.84. The summed E-state index contributed by atoms with van der Waals surface area (Å²) in [6, 6.07) is 7.49. The maximum Gasteiger partial charge on any atom is 0.253 e. The van der Waals surface area contributed by atoms with Gasteiger partial charge in [0.15, 0.2) is 0 Å². The van der Waals surface area contributed by atoms with Gasteiger partial charge in [0.05, 0.1) is 0 Å². The second-order valence-electron chi connectivity index (χ2n) is 5.92. The highest BCUT2D eigenvalue weighted by atomic mass is 16.2. The smallest absolute Gasteiger partial charge is 0.253 e. The number of hydrogen-bond acceptors (Lipinski definition) is 4. The molecule has 0 radical (unpaired) electrons. The Hall–Kier alpha value is -1.92. The highest BCUT2D eigenvalue weighted by molar-refractivity contribution is 5.94. The van der Waals surface area contributed by atoms with Gasteiger partial charge in [-0.05, 0) is 31.8 Å². The zero-order valence-corrected chi connectivity index (χ0v) is 14.0. The summed E-state index contributed by atoms with van der Waals surface area (Å²) in [5, 5.41) is 5.82. The van der Waals surface area contributed by atoms with Gasteiger partial charge in [0.1, 0.15) is 0 Å². The van der Waals surface area contributed by atoms with E-state index in [1.807, 2.05) is 36.2 Å². The Labute approximate surface area is 137 Å². The van der Waals surface area contributed by atoms with Gasteiger partial charge in [-0.25, -0.2) is 0 Å². The lowest BCUT2D eigenvalue weighted by molar-refractivity contribution is -0.121. The maximum atomic E-state index is 12.4. The van der Waals surface area contributed by atoms with Gasteiger partial charge in [-0.2, -0.15) is 0 Å². The summed E-state index contributed by atoms with van der Waals surface area (Å²) in [6.07, 6.45) is 0.469. The van der Waals surface area contributed by atoms with Crippen molar-refractivity contribution < 1.29 is 9.59 Å². The van der Waals surface area contributed by atoms with Crippen LogP contribution in [0.5, 0.6) is 0 Å². The summed E-state index contributed by atoms with van der Waals surface area (Å²) in [5.74, 6) is 0.111. The van der Waals surface area contributed by atoms with E-state index in [2.05, 4.69) is 22.6 Å². The van der Waals surface area contributed by atoms with Crippen molar-refractivity contribution in [3.63, 3.8) is 0 Å². The minimum Gasteiger partial charge on any atom is -0.352 e. The third-order valence-corrected chi connectivity index (χ3v) is 4.08. The van der Waals surface area contributed by atoms with Crippen LogP contribution in [0.2, 0.25) is 0 Å². The number of likely N-dealkylation sites (N-methyl/N-ethyl adjacent to an activating group) is 1. The Morgan fingerprint density at radius 1 is 1.09 bits per heavy atom. The zero-order chi connectivity index (χ0) is 16.7. The molecule has 126 valence electrons. The van der Waals surface area contributed by atoms with Crippen LogP contribution in [0, 0.1) is 0 Å². The molecule has 0 aliphatic carbocycles. The van der Waals surface area contributed by atoms with Gasteiger partial charge in [0.2, 0.25) is 5.91 Å². The monoisotopic (exact) mass is 318 g/mol. The van der Waals surface area contributed by atoms with Gasteiger partial charge in [-0.1, -0.05) is 12.1 Å². The first kappa shape index (κ1) is 17.4. The van der Waals surface area contributed by atoms with E-state index in [1.165, 1.54) is 0 Å². The van der Waals surface area contributed by atoms with Gasteiger partial charge in [0.25, 0.3) is 5.91 Å². The Bertz CT molecular complexity index is 522. The predicted molar refractivity (Wildman–Crippen MR) is 90.2 cm³/mol. The first-order chi connectivity index (χ1) is 11.1. The number of benzene rings is 1. The molecule has 23 heavy (non-hydrogen) atoms. The average Bonchev–Trinajstić information content (AvgIpc) is 2.58. The molecule has 0 unspecified atom stereocenters. The second-order valence-corrected chi connectivity index (χ2v) is 5.92. The summed E-state index contributed by atoms with van der Waals surface area (Å²) in [5.41, 5.74) is 1.71. The van der Waals surface area contributed by atoms with Gasteiger partial charge in [-0.15, -0.1) is 0 Å². The molecule has 0 saturated carbocycles. The summed E-state index contributed by atoms with van der Waals surface area (Å²) in [4.78, 5) is 28.1. The van der Waals surface area contributed by atoms with E-state index in [4.69, 9.17) is 0 Å². The lowest BCUT2D eigenvalue weighted by Gasteiger charge is -2.32. The Morgan fingerprint density at radius 3 is 2.35 bits per heavy atom. The molecule has 1 fully saturated rings. The molecule has 1 saturated heterocycles. The van der Waals surface area contributed by atoms with Crippen molar-refractivity contribution in [1.82, 2.24) is 20.4 Å². The molecule has 1 heterocycles. The SMILES string of the molecule is CNCCC(=O)NCc1ccc(C(=O)N2CCN(C)CC2)cc1. The molecule has 1 aliphatic heterocycles. The van der Waals surface area contributed by atoms with Crippen LogP contribution in [0.3, 0.4) is 0 Å². The van der Waals surface area contributed by atoms with Crippen molar-refractivity contribution in [3.05, 3.63) is 35.4 Å². The number of rotatable bonds is 6. The van der Waals surface area contributed by atoms with Crippen LogP contribution in [0.15, 0.2) is 24.3 Å². The first-order valence-electron chi connectivity index (χ1n) is 8.08. The molecule has 1 aromatic rings. The quantitative estimate of drug-likeness (QED) is 0.792. The summed E-state index contributed by atoms with van der Waals surface area (Å²) in [6.45, 7) is 4.55. The van der Waals surface area contributed by atoms with Gasteiger partial charge in [0, 0.05) is 51.3 Å². The topological polar surface area (TPSA) is 64.7 Å². The largest absolute Gasteiger partial charge is 0.352 e. The third-order valence-electron chi connectivity index (χ3n) is 4.08. The molecule has 6 heteroatoms. The lowest BCUT2D eigenvalue weighted by Crippen LogP contribution is -2.47. The molecule has 6 nitrogen and oxygen atoms in total. The highest BCUT2D eigenvalue weighted by Crippen LogP contribution is 2.10. The molecule has 0 bridgehead atoms. The lowest BCUT2D eigenvalue weighted by atomic mass is 10.1. The van der Waals surface area contributed by atoms with Crippen LogP contribution in [-0.4, -0.2) is 68.4 Å². The number of nitrogens with zero attached hydrogens (tertiary/aromatic N) is 2. The maximum absolute atomic E-state index is 12.4. The van der Waals surface area contributed by atoms with Gasteiger partial charge >= 0.3 is 0 Å². The molecule has 0 aromatic heterocycles. The fourth-order valence-corrected chi connectivity index (χ4v) is 2.48. The van der Waals surface area contributed by atoms with Crippen molar-refractivity contribution in [2.45, 2.75) is 13.0 Å². The summed E-state index contributed by atoms with van der Waals surface area (Å²) < 4.78 is 0. The van der Waals surface area contributed by atoms with Gasteiger partial charge < -0.3 is 20.4 Å². The fourth-order valence-electron chi connectivity index (χ4n) is 2.48. The average molecular weight is 318 g/mol. The van der Waals surface area contributed by atoms with E-state index in [9.17, 15) is 9.59 Å². The Kier molecular flexibility index (Phi) is 6.55. The van der Waals surface area contributed by atoms with Crippen LogP contribution in [-0.2, 0) is 11.3 Å². The fraction of sp³-hybridized carbons (Fsp3) is 0.529. The minimum absolute atomic E-state index is 0.0249. The van der Waals surface area contributed by atoms with Crippen LogP contribution in [0.25, 0.3) is 0 Å². The molecule has 0 spiro atoms. The molecule has 1 aliphatic rings. The Morgan fingerprint density at radius 2 is 1.74 bits per heavy atom. The highest BCUT2D eigenvalue weighted by Gasteiger charge is 2.20. The van der Waals surface area contributed by atoms with E-state index < -0.39 is 0 Å². The number of hydrogen-bond donors (Lipinski definition) is 2. The molecule has 1 aromatic carbocycles. The predicted octanol–water partition coefficient (Wildman–Crippen LogP) is 0.300. The van der Waals surface area contributed by atoms with Crippen molar-refractivity contribution in [3.8, 4) is 0 Å². The molecule has 2 amide bonds. The molecular formula is C17H26N4O2. The summed E-state index contributed by atoms with van der Waals surface area (Å²) in [7, 11) is 3.89. The van der Waals surface area contributed by atoms with Crippen LogP contribution in [0.4, 0.5) is 0 Å². The van der Waals surface area contributed by atoms with Crippen LogP contribution >= 0.6 is 0 Å². The van der Waals surface area contributed by atoms with Gasteiger partial charge in [-0.3, -0.25) is 9.59 Å². The van der Waals surface area contributed by atoms with Crippen molar-refractivity contribution in [1.29, 1.82) is 0 Å². The number of carbonyl (C=O) groups excluding carboxylic acids is 2. The molecule has 2 N–H and O–H groups in total. The second kappa shape index (κ2) is 8.64. The van der Waals surface area contributed by atoms with Crippen LogP contribution < -0.4 is 10.6 Å². The standard InChI is InChI=1S/C17H26N4O2/c1-18-8-7-16(22)19-13-14-3-5-15(6-4-14)17(23)21-11-9-20(2)10-12-21/h3-6,18H,7-13H2,1-2H3,(H,19,22). The number of nitrogens with one attached hydrogen (secondary N) is 2. The molecular weight excluding hydrogens is 292 g/mol. The normalized spacial score (nSPS) is 15.5. The third kappa shape index (κ3) is 5.33. The van der Waals surface area contributed by atoms with Crippen LogP contribution in [0.1, 0.15) is 22.3 Å². The summed E-state index contributed by atoms with van der Waals surface area (Å²) >= 11 is 0. The van der Waals surface area contributed by atoms with Crippen molar-refractivity contribution >= 4 is 11.8 Å². The van der Waals surface area contributed by atoms with E-state index >= 15 is 0 Å². The van der Waals surface area contributed by atoms with E-state index in [0.29, 0.717) is 25.1 Å². The first-order valence-corrected chi connectivity index (χ1v) is 8.08. The zero-order valence-electron chi connectivity index (χ0n) is 14.0. The van der Waals surface area contributed by atoms with E-state index in [0.717, 1.165) is 31.7 Å². The number of amides is 2. The van der Waals surface area contributed by atoms with E-state index in [1.54, 1.807) is 0 Å². The molecule has 2 rings (SSSR count). The number of piperazine rings is 1. The number of carbonyl (C=O) groups is 2. The molecule has 0 atom stereocenters. The van der Waals surface area contributed by atoms with E-state index in [-0.39, 0.29) is 11.8 Å². The minimum atomic E-state index is 0.0249. The van der Waals surface area contributed by atoms with Crippen molar-refractivity contribution in [2.75, 3.05) is 46.8 Å². The van der Waals surface area contributed by atoms with Crippen molar-refractivity contribution in [2.24, 2.45) is 0 Å².